The molecule has 0 N–H and O–H groups in total. The van der Waals surface area contributed by atoms with E-state index in [1.807, 2.05) is 0 Å². The minimum absolute atomic E-state index is 0. The monoisotopic (exact) mass is 307 g/mol. The van der Waals surface area contributed by atoms with Crippen LogP contribution in [0, 0.1) is 0 Å². The molecule has 4 nitrogen and oxygen atoms in total. The van der Waals surface area contributed by atoms with Gasteiger partial charge in [0.05, 0.1) is 0 Å². The molecule has 0 aromatic carbocycles. The first kappa shape index (κ1) is 22.5. The van der Waals surface area contributed by atoms with Gasteiger partial charge in [-0.05, 0) is 0 Å². The Bertz CT molecular complexity index is 60.2. The number of hydrogen-bond donors (Lipinski definition) is 0. The Morgan fingerprint density at radius 2 is 1.12 bits per heavy atom. The molecule has 0 heterocycles. The Balaban J connectivity index is -0.0000000267. The van der Waals surface area contributed by atoms with Gasteiger partial charge in [-0.2, -0.15) is 17.7 Å². The van der Waals surface area contributed by atoms with E-state index in [9.17, 15) is 0 Å². The molecule has 0 bridgehead atoms. The van der Waals surface area contributed by atoms with Crippen molar-refractivity contribution >= 4 is 104 Å². The fraction of sp³-hybridized carbons (Fsp3) is 0. The Kier molecular flexibility index (Phi) is 29.2. The summed E-state index contributed by atoms with van der Waals surface area (Å²) in [6, 6.07) is 0. The van der Waals surface area contributed by atoms with Crippen LogP contribution in [0.3, 0.4) is 0 Å². The van der Waals surface area contributed by atoms with E-state index >= 15 is 0 Å². The summed E-state index contributed by atoms with van der Waals surface area (Å²) < 4.78 is 8.55. The van der Waals surface area contributed by atoms with Crippen LogP contribution in [0.5, 0.6) is 0 Å². The molecule has 0 aromatic rings. The predicted molar refractivity (Wildman–Crippen MR) is 30.2 cm³/mol. The number of phosphoric acid groups is 1. The summed E-state index contributed by atoms with van der Waals surface area (Å²) in [7, 11) is -5.39. The SMILES string of the molecule is O=P([O-])([O-])[O-].P.[Ba+2].[Ca+2]. The molecule has 8 heteroatoms. The first-order valence-corrected chi connectivity index (χ1v) is 2.19. The fourth-order valence-electron chi connectivity index (χ4n) is 0. The van der Waals surface area contributed by atoms with Gasteiger partial charge >= 0.3 is 86.6 Å². The second-order valence-corrected chi connectivity index (χ2v) is 1.34. The molecule has 0 rings (SSSR count). The molecule has 0 saturated carbocycles. The maximum absolute atomic E-state index is 8.55. The van der Waals surface area contributed by atoms with E-state index in [2.05, 4.69) is 0 Å². The van der Waals surface area contributed by atoms with Crippen molar-refractivity contribution in [1.29, 1.82) is 0 Å². The van der Waals surface area contributed by atoms with Crippen LogP contribution >= 0.6 is 17.7 Å². The van der Waals surface area contributed by atoms with E-state index in [0.29, 0.717) is 0 Å². The van der Waals surface area contributed by atoms with Crippen LogP contribution in [0.4, 0.5) is 0 Å². The molecule has 0 amide bonds. The van der Waals surface area contributed by atoms with Crippen molar-refractivity contribution in [1.82, 2.24) is 0 Å². The molecule has 1 unspecified atom stereocenters. The van der Waals surface area contributed by atoms with Gasteiger partial charge in [0.25, 0.3) is 0 Å². The minimum Gasteiger partial charge on any atom is -0.822 e. The molecule has 0 aliphatic rings. The quantitative estimate of drug-likeness (QED) is 0.343. The third kappa shape index (κ3) is 57.8. The Hall–Kier alpha value is 3.37. The van der Waals surface area contributed by atoms with Crippen molar-refractivity contribution in [2.45, 2.75) is 0 Å². The van der Waals surface area contributed by atoms with Crippen molar-refractivity contribution in [2.24, 2.45) is 0 Å². The van der Waals surface area contributed by atoms with Crippen LogP contribution in [0.15, 0.2) is 0 Å². The third-order valence-electron chi connectivity index (χ3n) is 0. The van der Waals surface area contributed by atoms with E-state index in [-0.39, 0.29) is 96.5 Å². The zero-order valence-electron chi connectivity index (χ0n) is 4.20. The second-order valence-electron chi connectivity index (χ2n) is 0.447. The summed E-state index contributed by atoms with van der Waals surface area (Å²) in [5, 5.41) is 0. The summed E-state index contributed by atoms with van der Waals surface area (Å²) in [5.74, 6) is 0. The van der Waals surface area contributed by atoms with Gasteiger partial charge in [0, 0.05) is 0 Å². The van der Waals surface area contributed by atoms with E-state index < -0.39 is 7.82 Å². The molecular weight excluding hydrogens is 303 g/mol. The third-order valence-corrected chi connectivity index (χ3v) is 0. The predicted octanol–water partition coefficient (Wildman–Crippen LogP) is -3.53. The molecule has 0 aliphatic carbocycles. The zero-order valence-corrected chi connectivity index (χ0v) is 13.2. The van der Waals surface area contributed by atoms with Gasteiger partial charge < -0.3 is 19.2 Å². The summed E-state index contributed by atoms with van der Waals surface area (Å²) in [6.45, 7) is 0. The summed E-state index contributed by atoms with van der Waals surface area (Å²) in [6.07, 6.45) is 0. The van der Waals surface area contributed by atoms with Crippen LogP contribution in [-0.4, -0.2) is 86.6 Å². The first-order valence-electron chi connectivity index (χ1n) is 0.730. The standard InChI is InChI=1S/Ba.Ca.H3O4P.H3P/c;;1-5(2,3)4;/h;;(H3,1,2,3,4);1H3/q2*+2;;/p-3. The number of hydrogen-bond acceptors (Lipinski definition) is 4. The molecule has 1 atom stereocenters. The van der Waals surface area contributed by atoms with E-state index in [1.54, 1.807) is 0 Å². The fourth-order valence-corrected chi connectivity index (χ4v) is 0. The average molecular weight is 306 g/mol. The van der Waals surface area contributed by atoms with Crippen molar-refractivity contribution < 1.29 is 19.2 Å². The Labute approximate surface area is 121 Å². The zero-order chi connectivity index (χ0) is 4.50. The van der Waals surface area contributed by atoms with Crippen LogP contribution in [-0.2, 0) is 4.57 Å². The summed E-state index contributed by atoms with van der Waals surface area (Å²) in [5.41, 5.74) is 0. The number of rotatable bonds is 0. The van der Waals surface area contributed by atoms with E-state index in [1.165, 1.54) is 0 Å². The first-order chi connectivity index (χ1) is 2.00. The van der Waals surface area contributed by atoms with Crippen molar-refractivity contribution in [3.8, 4) is 0 Å². The Morgan fingerprint density at radius 3 is 1.12 bits per heavy atom. The van der Waals surface area contributed by atoms with Crippen LogP contribution < -0.4 is 14.7 Å². The van der Waals surface area contributed by atoms with Crippen LogP contribution in [0.25, 0.3) is 0 Å². The molecule has 0 aliphatic heterocycles. The maximum Gasteiger partial charge on any atom is 2.00 e. The Morgan fingerprint density at radius 1 is 1.12 bits per heavy atom. The molecular formula is H3BaCaO4P2+. The van der Waals surface area contributed by atoms with Crippen molar-refractivity contribution in [3.63, 3.8) is 0 Å². The molecule has 0 spiro atoms. The van der Waals surface area contributed by atoms with Crippen molar-refractivity contribution in [3.05, 3.63) is 0 Å². The largest absolute Gasteiger partial charge is 2.00 e. The van der Waals surface area contributed by atoms with Gasteiger partial charge in [0.1, 0.15) is 0 Å². The molecule has 40 valence electrons. The molecule has 0 saturated heterocycles. The summed E-state index contributed by atoms with van der Waals surface area (Å²) >= 11 is 0. The van der Waals surface area contributed by atoms with Gasteiger partial charge in [-0.25, -0.2) is 0 Å². The van der Waals surface area contributed by atoms with Gasteiger partial charge in [0.15, 0.2) is 0 Å². The molecule has 0 fully saturated rings. The van der Waals surface area contributed by atoms with Crippen LogP contribution in [0.2, 0.25) is 0 Å². The average Bonchev–Trinajstić information content (AvgIpc) is 0.722. The van der Waals surface area contributed by atoms with Crippen molar-refractivity contribution in [2.75, 3.05) is 0 Å². The smallest absolute Gasteiger partial charge is 0.822 e. The topological polar surface area (TPSA) is 86.2 Å². The molecule has 8 heavy (non-hydrogen) atoms. The van der Waals surface area contributed by atoms with Crippen LogP contribution in [0.1, 0.15) is 0 Å². The molecule has 0 radical (unpaired) electrons. The van der Waals surface area contributed by atoms with Gasteiger partial charge in [-0.1, -0.05) is 0 Å². The normalized spacial score (nSPS) is 7.38. The van der Waals surface area contributed by atoms with E-state index in [0.717, 1.165) is 0 Å². The summed E-state index contributed by atoms with van der Waals surface area (Å²) in [4.78, 5) is 25.6. The maximum atomic E-state index is 8.55. The second kappa shape index (κ2) is 10.4. The van der Waals surface area contributed by atoms with Gasteiger partial charge in [-0.3, -0.25) is 0 Å². The minimum atomic E-state index is -5.39. The molecule has 0 aromatic heterocycles. The van der Waals surface area contributed by atoms with Gasteiger partial charge in [0.2, 0.25) is 0 Å². The van der Waals surface area contributed by atoms with E-state index in [4.69, 9.17) is 19.2 Å². The van der Waals surface area contributed by atoms with Gasteiger partial charge in [-0.15, -0.1) is 0 Å².